The summed E-state index contributed by atoms with van der Waals surface area (Å²) in [5.41, 5.74) is 7.73. The molecular formula is C11H7ClFN5. The molecule has 3 aromatic rings. The minimum atomic E-state index is -0.411. The molecule has 0 spiro atoms. The molecule has 0 aliphatic heterocycles. The minimum Gasteiger partial charge on any atom is -0.368 e. The van der Waals surface area contributed by atoms with E-state index in [-0.39, 0.29) is 11.0 Å². The Morgan fingerprint density at radius 1 is 1.28 bits per heavy atom. The van der Waals surface area contributed by atoms with Gasteiger partial charge in [0.25, 0.3) is 0 Å². The molecular weight excluding hydrogens is 257 g/mol. The van der Waals surface area contributed by atoms with E-state index in [4.69, 9.17) is 17.3 Å². The van der Waals surface area contributed by atoms with E-state index in [1.807, 2.05) is 0 Å². The summed E-state index contributed by atoms with van der Waals surface area (Å²) in [4.78, 5) is 15.0. The van der Waals surface area contributed by atoms with Crippen molar-refractivity contribution in [1.82, 2.24) is 19.9 Å². The van der Waals surface area contributed by atoms with Gasteiger partial charge in [-0.15, -0.1) is 0 Å². The highest BCUT2D eigenvalue weighted by Gasteiger charge is 2.13. The third-order valence-corrected chi connectivity index (χ3v) is 2.80. The second kappa shape index (κ2) is 3.92. The predicted octanol–water partition coefficient (Wildman–Crippen LogP) is 2.39. The molecule has 0 aliphatic rings. The molecule has 7 heteroatoms. The molecule has 2 aromatic heterocycles. The van der Waals surface area contributed by atoms with E-state index in [0.717, 1.165) is 0 Å². The number of hydrogen-bond donors (Lipinski definition) is 2. The summed E-state index contributed by atoms with van der Waals surface area (Å²) in [6, 6.07) is 4.07. The molecule has 0 atom stereocenters. The second-order valence-electron chi connectivity index (χ2n) is 3.66. The first-order valence-corrected chi connectivity index (χ1v) is 5.45. The Bertz CT molecular complexity index is 739. The van der Waals surface area contributed by atoms with Crippen LogP contribution < -0.4 is 5.73 Å². The maximum absolute atomic E-state index is 13.0. The smallest absolute Gasteiger partial charge is 0.222 e. The van der Waals surface area contributed by atoms with Gasteiger partial charge >= 0.3 is 0 Å². The van der Waals surface area contributed by atoms with Gasteiger partial charge in [-0.25, -0.2) is 14.4 Å². The number of benzene rings is 1. The van der Waals surface area contributed by atoms with Crippen molar-refractivity contribution < 1.29 is 4.39 Å². The molecule has 0 saturated carbocycles. The van der Waals surface area contributed by atoms with Crippen LogP contribution in [0.3, 0.4) is 0 Å². The van der Waals surface area contributed by atoms with Crippen molar-refractivity contribution in [2.75, 3.05) is 5.73 Å². The number of nitrogen functional groups attached to an aromatic ring is 1. The fourth-order valence-corrected chi connectivity index (χ4v) is 1.98. The number of nitrogens with one attached hydrogen (secondary N) is 1. The van der Waals surface area contributed by atoms with Crippen molar-refractivity contribution >= 4 is 28.7 Å². The van der Waals surface area contributed by atoms with Crippen LogP contribution in [-0.2, 0) is 0 Å². The van der Waals surface area contributed by atoms with Crippen LogP contribution in [0, 0.1) is 5.82 Å². The fourth-order valence-electron chi connectivity index (χ4n) is 1.73. The molecule has 0 unspecified atom stereocenters. The molecule has 1 aromatic carbocycles. The molecule has 0 bridgehead atoms. The average molecular weight is 264 g/mol. The van der Waals surface area contributed by atoms with Crippen molar-refractivity contribution in [3.63, 3.8) is 0 Å². The molecule has 0 saturated heterocycles. The number of nitrogens with zero attached hydrogens (tertiary/aromatic N) is 3. The molecule has 0 fully saturated rings. The largest absolute Gasteiger partial charge is 0.368 e. The Hall–Kier alpha value is -2.21. The zero-order valence-electron chi connectivity index (χ0n) is 8.98. The quantitative estimate of drug-likeness (QED) is 0.706. The van der Waals surface area contributed by atoms with Crippen molar-refractivity contribution in [1.29, 1.82) is 0 Å². The first-order valence-electron chi connectivity index (χ1n) is 5.07. The van der Waals surface area contributed by atoms with Gasteiger partial charge in [0.2, 0.25) is 5.95 Å². The monoisotopic (exact) mass is 263 g/mol. The summed E-state index contributed by atoms with van der Waals surface area (Å²) < 4.78 is 13.0. The number of fused-ring (bicyclic) bond motifs is 1. The highest BCUT2D eigenvalue weighted by Crippen LogP contribution is 2.31. The summed E-state index contributed by atoms with van der Waals surface area (Å²) >= 11 is 6.01. The lowest BCUT2D eigenvalue weighted by Gasteiger charge is -2.05. The van der Waals surface area contributed by atoms with Gasteiger partial charge in [0.05, 0.1) is 11.3 Å². The van der Waals surface area contributed by atoms with Gasteiger partial charge in [-0.3, -0.25) is 0 Å². The Morgan fingerprint density at radius 3 is 2.89 bits per heavy atom. The van der Waals surface area contributed by atoms with Gasteiger partial charge < -0.3 is 10.7 Å². The molecule has 5 nitrogen and oxygen atoms in total. The molecule has 18 heavy (non-hydrogen) atoms. The fraction of sp³-hybridized carbons (Fsp3) is 0. The maximum atomic E-state index is 13.0. The highest BCUT2D eigenvalue weighted by molar-refractivity contribution is 6.33. The number of rotatable bonds is 1. The van der Waals surface area contributed by atoms with Crippen LogP contribution >= 0.6 is 11.6 Å². The minimum absolute atomic E-state index is 0.0880. The van der Waals surface area contributed by atoms with Crippen LogP contribution in [0.25, 0.3) is 22.4 Å². The molecule has 0 radical (unpaired) electrons. The predicted molar refractivity (Wildman–Crippen MR) is 66.5 cm³/mol. The number of imidazole rings is 1. The van der Waals surface area contributed by atoms with E-state index < -0.39 is 5.82 Å². The van der Waals surface area contributed by atoms with Gasteiger partial charge in [-0.2, -0.15) is 4.98 Å². The van der Waals surface area contributed by atoms with E-state index in [9.17, 15) is 4.39 Å². The number of halogens is 2. The summed E-state index contributed by atoms with van der Waals surface area (Å²) in [7, 11) is 0. The number of aromatic nitrogens is 4. The first-order chi connectivity index (χ1) is 8.65. The van der Waals surface area contributed by atoms with Gasteiger partial charge in [0.1, 0.15) is 17.0 Å². The third-order valence-electron chi connectivity index (χ3n) is 2.49. The lowest BCUT2D eigenvalue weighted by atomic mass is 10.1. The number of anilines is 1. The maximum Gasteiger partial charge on any atom is 0.222 e. The van der Waals surface area contributed by atoms with E-state index in [0.29, 0.717) is 22.4 Å². The highest BCUT2D eigenvalue weighted by atomic mass is 35.5. The van der Waals surface area contributed by atoms with Crippen LogP contribution in [0.1, 0.15) is 0 Å². The molecule has 0 aliphatic carbocycles. The summed E-state index contributed by atoms with van der Waals surface area (Å²) in [6.07, 6.45) is 1.49. The van der Waals surface area contributed by atoms with E-state index >= 15 is 0 Å². The average Bonchev–Trinajstić information content (AvgIpc) is 2.76. The van der Waals surface area contributed by atoms with Gasteiger partial charge in [0.15, 0.2) is 5.65 Å². The van der Waals surface area contributed by atoms with Gasteiger partial charge in [-0.1, -0.05) is 11.6 Å². The van der Waals surface area contributed by atoms with Crippen molar-refractivity contribution in [3.05, 3.63) is 35.4 Å². The summed E-state index contributed by atoms with van der Waals surface area (Å²) in [6.45, 7) is 0. The molecule has 3 rings (SSSR count). The number of aromatic amines is 1. The van der Waals surface area contributed by atoms with Crippen LogP contribution in [0.4, 0.5) is 10.3 Å². The zero-order valence-corrected chi connectivity index (χ0v) is 9.74. The SMILES string of the molecule is Nc1nc(-c2ccc(F)cc2Cl)c2[nH]cnc2n1. The first kappa shape index (κ1) is 10.9. The van der Waals surface area contributed by atoms with Crippen LogP contribution in [0.2, 0.25) is 5.02 Å². The van der Waals surface area contributed by atoms with Crippen molar-refractivity contribution in [2.24, 2.45) is 0 Å². The van der Waals surface area contributed by atoms with Crippen molar-refractivity contribution in [2.45, 2.75) is 0 Å². The Kier molecular flexibility index (Phi) is 2.38. The summed E-state index contributed by atoms with van der Waals surface area (Å²) in [5, 5.41) is 0.254. The second-order valence-corrected chi connectivity index (χ2v) is 4.06. The van der Waals surface area contributed by atoms with E-state index in [2.05, 4.69) is 19.9 Å². The number of H-pyrrole nitrogens is 1. The van der Waals surface area contributed by atoms with Crippen LogP contribution in [-0.4, -0.2) is 19.9 Å². The third kappa shape index (κ3) is 1.67. The normalized spacial score (nSPS) is 11.0. The zero-order chi connectivity index (χ0) is 12.7. The lowest BCUT2D eigenvalue weighted by molar-refractivity contribution is 0.628. The standard InChI is InChI=1S/C11H7ClFN5/c12-7-3-5(13)1-2-6(7)8-9-10(16-4-15-9)18-11(14)17-8/h1-4H,(H3,14,15,16,17,18). The molecule has 2 heterocycles. The van der Waals surface area contributed by atoms with Crippen molar-refractivity contribution in [3.8, 4) is 11.3 Å². The molecule has 0 amide bonds. The van der Waals surface area contributed by atoms with Gasteiger partial charge in [0, 0.05) is 5.56 Å². The Labute approximate surface area is 106 Å². The Morgan fingerprint density at radius 2 is 2.11 bits per heavy atom. The lowest BCUT2D eigenvalue weighted by Crippen LogP contribution is -1.98. The van der Waals surface area contributed by atoms with Gasteiger partial charge in [-0.05, 0) is 18.2 Å². The van der Waals surface area contributed by atoms with E-state index in [1.54, 1.807) is 6.07 Å². The Balaban J connectivity index is 2.33. The number of nitrogens with two attached hydrogens (primary N) is 1. The summed E-state index contributed by atoms with van der Waals surface area (Å²) in [5.74, 6) is -0.323. The van der Waals surface area contributed by atoms with Crippen LogP contribution in [0.5, 0.6) is 0 Å². The van der Waals surface area contributed by atoms with Crippen LogP contribution in [0.15, 0.2) is 24.5 Å². The van der Waals surface area contributed by atoms with E-state index in [1.165, 1.54) is 18.5 Å². The number of hydrogen-bond acceptors (Lipinski definition) is 4. The topological polar surface area (TPSA) is 80.5 Å². The molecule has 3 N–H and O–H groups in total. The molecule has 90 valence electrons.